The minimum atomic E-state index is 0.0975. The molecule has 1 aliphatic heterocycles. The topological polar surface area (TPSA) is 6.48 Å². The summed E-state index contributed by atoms with van der Waals surface area (Å²) in [7, 11) is 0. The third-order valence-corrected chi connectivity index (χ3v) is 8.44. The van der Waals surface area contributed by atoms with E-state index in [0.29, 0.717) is 0 Å². The monoisotopic (exact) mass is 498 g/mol. The van der Waals surface area contributed by atoms with E-state index in [0.717, 1.165) is 0 Å². The maximum absolute atomic E-state index is 2.71. The number of hydrogen-bond donors (Lipinski definition) is 0. The molecule has 2 nitrogen and oxygen atoms in total. The van der Waals surface area contributed by atoms with Crippen molar-refractivity contribution in [1.29, 1.82) is 0 Å². The molecule has 4 heteroatoms. The van der Waals surface area contributed by atoms with Crippen LogP contribution in [0, 0.1) is 69.2 Å². The molecule has 192 valence electrons. The normalized spacial score (nSPS) is 13.3. The maximum atomic E-state index is 2.71. The number of anilines is 2. The van der Waals surface area contributed by atoms with E-state index >= 15 is 0 Å². The quantitative estimate of drug-likeness (QED) is 0.283. The third kappa shape index (κ3) is 4.15. The highest BCUT2D eigenvalue weighted by molar-refractivity contribution is 7.15. The second-order valence-corrected chi connectivity index (χ2v) is 11.7. The van der Waals surface area contributed by atoms with Gasteiger partial charge in [0.25, 0.3) is 0 Å². The van der Waals surface area contributed by atoms with Crippen LogP contribution in [0.4, 0.5) is 11.4 Å². The number of rotatable bonds is 4. The second-order valence-electron chi connectivity index (χ2n) is 11.7. The van der Waals surface area contributed by atoms with Crippen LogP contribution in [0.15, 0.2) is 60.7 Å². The maximum Gasteiger partial charge on any atom is 0.389 e. The van der Waals surface area contributed by atoms with Crippen LogP contribution in [0.5, 0.6) is 0 Å². The van der Waals surface area contributed by atoms with Crippen molar-refractivity contribution in [2.24, 2.45) is 0 Å². The van der Waals surface area contributed by atoms with Crippen LogP contribution in [0.1, 0.15) is 55.6 Å². The van der Waals surface area contributed by atoms with Crippen molar-refractivity contribution < 1.29 is 0 Å². The zero-order chi connectivity index (χ0) is 27.5. The van der Waals surface area contributed by atoms with E-state index in [4.69, 9.17) is 0 Å². The summed E-state index contributed by atoms with van der Waals surface area (Å²) in [5.74, 6) is 0. The highest BCUT2D eigenvalue weighted by atomic mass is 15.3. The van der Waals surface area contributed by atoms with Crippen molar-refractivity contribution in [3.8, 4) is 0 Å². The highest BCUT2D eigenvalue weighted by Crippen LogP contribution is 2.40. The Morgan fingerprint density at radius 2 is 0.658 bits per heavy atom. The van der Waals surface area contributed by atoms with Gasteiger partial charge in [0.2, 0.25) is 0 Å². The molecule has 5 rings (SSSR count). The van der Waals surface area contributed by atoms with Gasteiger partial charge in [-0.25, -0.2) is 0 Å². The molecule has 0 spiro atoms. The van der Waals surface area contributed by atoms with Crippen molar-refractivity contribution in [3.05, 3.63) is 116 Å². The Balaban J connectivity index is 1.88. The zero-order valence-corrected chi connectivity index (χ0v) is 24.8. The second kappa shape index (κ2) is 9.73. The summed E-state index contributed by atoms with van der Waals surface area (Å²) in [6.45, 7) is 22.8. The number of benzene rings is 4. The Kier molecular flexibility index (Phi) is 6.71. The highest BCUT2D eigenvalue weighted by Gasteiger charge is 2.58. The lowest BCUT2D eigenvalue weighted by Gasteiger charge is -2.59. The van der Waals surface area contributed by atoms with Gasteiger partial charge in [-0.15, -0.1) is 0 Å². The first-order chi connectivity index (χ1) is 18.0. The fourth-order valence-electron chi connectivity index (χ4n) is 7.13. The molecule has 0 aliphatic carbocycles. The summed E-state index contributed by atoms with van der Waals surface area (Å²) >= 11 is 0. The van der Waals surface area contributed by atoms with Gasteiger partial charge < -0.3 is 9.44 Å². The lowest BCUT2D eigenvalue weighted by atomic mass is 9.35. The molecule has 1 aliphatic rings. The Labute approximate surface area is 231 Å². The molecule has 4 aromatic carbocycles. The van der Waals surface area contributed by atoms with Crippen molar-refractivity contribution in [2.75, 3.05) is 9.44 Å². The molecule has 1 saturated heterocycles. The molecule has 0 radical (unpaired) electrons. The van der Waals surface area contributed by atoms with Crippen molar-refractivity contribution in [2.45, 2.75) is 69.2 Å². The van der Waals surface area contributed by atoms with Gasteiger partial charge in [0.15, 0.2) is 0 Å². The zero-order valence-electron chi connectivity index (χ0n) is 24.8. The summed E-state index contributed by atoms with van der Waals surface area (Å²) < 4.78 is 5.43. The molecule has 0 atom stereocenters. The van der Waals surface area contributed by atoms with Crippen molar-refractivity contribution >= 4 is 36.3 Å². The van der Waals surface area contributed by atoms with E-state index < -0.39 is 0 Å². The predicted molar refractivity (Wildman–Crippen MR) is 169 cm³/mol. The first-order valence-corrected chi connectivity index (χ1v) is 13.9. The molecule has 4 aromatic rings. The fraction of sp³-hybridized carbons (Fsp3) is 0.294. The summed E-state index contributed by atoms with van der Waals surface area (Å²) in [6.07, 6.45) is 0. The third-order valence-electron chi connectivity index (χ3n) is 8.44. The first kappa shape index (κ1) is 26.2. The number of nitrogens with zero attached hydrogens (tertiary/aromatic N) is 2. The van der Waals surface area contributed by atoms with Crippen LogP contribution < -0.4 is 20.4 Å². The van der Waals surface area contributed by atoms with Gasteiger partial charge in [0.1, 0.15) is 0 Å². The average molecular weight is 498 g/mol. The molecule has 0 N–H and O–H groups in total. The number of para-hydroxylation sites is 2. The largest absolute Gasteiger partial charge is 0.416 e. The molecule has 1 heterocycles. The van der Waals surface area contributed by atoms with Crippen LogP contribution in [-0.2, 0) is 0 Å². The van der Waals surface area contributed by atoms with E-state index in [2.05, 4.69) is 139 Å². The van der Waals surface area contributed by atoms with Gasteiger partial charge in [-0.3, -0.25) is 0 Å². The van der Waals surface area contributed by atoms with Crippen molar-refractivity contribution in [1.82, 2.24) is 0 Å². The lowest BCUT2D eigenvalue weighted by molar-refractivity contribution is 1.19. The SMILES string of the molecule is Cc1cc(C)c(B2N(c3c(C)cccc3C)B(c3c(C)cc(C)cc3C)N2c2c(C)cccc2C)c(C)c1. The Morgan fingerprint density at radius 3 is 0.921 bits per heavy atom. The number of aryl methyl sites for hydroxylation is 10. The van der Waals surface area contributed by atoms with Crippen LogP contribution in [-0.4, -0.2) is 14.0 Å². The van der Waals surface area contributed by atoms with E-state index in [-0.39, 0.29) is 14.0 Å². The fourth-order valence-corrected chi connectivity index (χ4v) is 7.13. The van der Waals surface area contributed by atoms with Crippen LogP contribution in [0.25, 0.3) is 0 Å². The smallest absolute Gasteiger partial charge is 0.389 e. The molecule has 0 saturated carbocycles. The Bertz CT molecular complexity index is 1340. The van der Waals surface area contributed by atoms with Gasteiger partial charge in [-0.1, -0.05) is 94.0 Å². The molecule has 0 unspecified atom stereocenters. The molecular formula is C34H40B2N2. The van der Waals surface area contributed by atoms with E-state index in [9.17, 15) is 0 Å². The first-order valence-electron chi connectivity index (χ1n) is 13.9. The van der Waals surface area contributed by atoms with Gasteiger partial charge in [0.05, 0.1) is 0 Å². The Hall–Kier alpha value is -3.39. The van der Waals surface area contributed by atoms with Gasteiger partial charge in [0, 0.05) is 11.4 Å². The lowest BCUT2D eigenvalue weighted by Crippen LogP contribution is -2.87. The van der Waals surface area contributed by atoms with Crippen LogP contribution >= 0.6 is 0 Å². The molecule has 38 heavy (non-hydrogen) atoms. The summed E-state index contributed by atoms with van der Waals surface area (Å²) in [4.78, 5) is 0. The average Bonchev–Trinajstić information content (AvgIpc) is 2.80. The molecule has 0 aromatic heterocycles. The Morgan fingerprint density at radius 1 is 0.395 bits per heavy atom. The van der Waals surface area contributed by atoms with Crippen LogP contribution in [0.2, 0.25) is 0 Å². The standard InChI is InChI=1S/C34H40B2N2/c1-21-17-27(7)31(28(8)18-21)35-37(33-23(3)13-11-14-24(33)4)36(32-29(9)19-22(2)20-30(32)10)38(35)34-25(5)15-12-16-26(34)6/h11-20H,1-10H3. The van der Waals surface area contributed by atoms with Gasteiger partial charge in [-0.05, 0) is 102 Å². The molecule has 0 amide bonds. The summed E-state index contributed by atoms with van der Waals surface area (Å²) in [5, 5.41) is 0. The molecule has 0 bridgehead atoms. The molecule has 1 fully saturated rings. The number of hydrogen-bond acceptors (Lipinski definition) is 2. The molecular weight excluding hydrogens is 458 g/mol. The predicted octanol–water partition coefficient (Wildman–Crippen LogP) is 6.89. The minimum absolute atomic E-state index is 0.0975. The summed E-state index contributed by atoms with van der Waals surface area (Å²) in [5.41, 5.74) is 18.9. The van der Waals surface area contributed by atoms with E-state index in [1.54, 1.807) is 0 Å². The van der Waals surface area contributed by atoms with E-state index in [1.807, 2.05) is 0 Å². The van der Waals surface area contributed by atoms with Gasteiger partial charge in [-0.2, -0.15) is 0 Å². The summed E-state index contributed by atoms with van der Waals surface area (Å²) in [6, 6.07) is 22.8. The van der Waals surface area contributed by atoms with Gasteiger partial charge >= 0.3 is 14.0 Å². The van der Waals surface area contributed by atoms with E-state index in [1.165, 1.54) is 77.9 Å². The van der Waals surface area contributed by atoms with Crippen LogP contribution in [0.3, 0.4) is 0 Å². The van der Waals surface area contributed by atoms with Crippen molar-refractivity contribution in [3.63, 3.8) is 0 Å². The minimum Gasteiger partial charge on any atom is -0.416 e.